The Hall–Kier alpha value is -1.62. The highest BCUT2D eigenvalue weighted by molar-refractivity contribution is 5.92. The van der Waals surface area contributed by atoms with Crippen molar-refractivity contribution < 1.29 is 4.79 Å². The van der Waals surface area contributed by atoms with Crippen LogP contribution >= 0.6 is 0 Å². The van der Waals surface area contributed by atoms with Crippen molar-refractivity contribution in [2.75, 3.05) is 5.32 Å². The molecule has 0 saturated heterocycles. The first-order valence-corrected chi connectivity index (χ1v) is 6.87. The van der Waals surface area contributed by atoms with Gasteiger partial charge in [0.25, 0.3) is 5.56 Å². The highest BCUT2D eigenvalue weighted by Crippen LogP contribution is 2.24. The van der Waals surface area contributed by atoms with E-state index in [9.17, 15) is 9.59 Å². The van der Waals surface area contributed by atoms with Crippen LogP contribution in [0.25, 0.3) is 0 Å². The summed E-state index contributed by atoms with van der Waals surface area (Å²) in [6, 6.07) is 3.26. The number of hydrogen-bond donors (Lipinski definition) is 2. The molecule has 1 aromatic rings. The Labute approximate surface area is 112 Å². The molecule has 0 aliphatic heterocycles. The minimum atomic E-state index is -0.0554. The van der Waals surface area contributed by atoms with Gasteiger partial charge in [-0.15, -0.1) is 0 Å². The van der Waals surface area contributed by atoms with Crippen molar-refractivity contribution in [2.24, 2.45) is 11.7 Å². The zero-order valence-electron chi connectivity index (χ0n) is 11.3. The average molecular weight is 263 g/mol. The van der Waals surface area contributed by atoms with E-state index >= 15 is 0 Å². The number of aryl methyl sites for hydroxylation is 1. The summed E-state index contributed by atoms with van der Waals surface area (Å²) in [5.41, 5.74) is 6.51. The second kappa shape index (κ2) is 6.02. The molecule has 2 atom stereocenters. The normalized spacial score (nSPS) is 23.1. The van der Waals surface area contributed by atoms with Gasteiger partial charge in [0.2, 0.25) is 5.91 Å². The van der Waals surface area contributed by atoms with Crippen molar-refractivity contribution in [2.45, 2.75) is 45.2 Å². The maximum Gasteiger partial charge on any atom is 0.250 e. The lowest BCUT2D eigenvalue weighted by Crippen LogP contribution is -2.34. The first kappa shape index (κ1) is 13.8. The van der Waals surface area contributed by atoms with Crippen LogP contribution < -0.4 is 16.6 Å². The molecule has 0 radical (unpaired) electrons. The van der Waals surface area contributed by atoms with Crippen molar-refractivity contribution in [3.63, 3.8) is 0 Å². The average Bonchev–Trinajstić information content (AvgIpc) is 2.41. The van der Waals surface area contributed by atoms with E-state index in [2.05, 4.69) is 5.32 Å². The topological polar surface area (TPSA) is 77.1 Å². The van der Waals surface area contributed by atoms with Gasteiger partial charge in [-0.2, -0.15) is 0 Å². The second-order valence-electron chi connectivity index (χ2n) is 5.15. The third-order valence-electron chi connectivity index (χ3n) is 3.68. The van der Waals surface area contributed by atoms with Gasteiger partial charge < -0.3 is 15.6 Å². The van der Waals surface area contributed by atoms with Crippen LogP contribution in [0.15, 0.2) is 23.1 Å². The summed E-state index contributed by atoms with van der Waals surface area (Å²) in [4.78, 5) is 23.6. The Morgan fingerprint density at radius 1 is 1.47 bits per heavy atom. The van der Waals surface area contributed by atoms with Crippen LogP contribution in [0.1, 0.15) is 32.6 Å². The summed E-state index contributed by atoms with van der Waals surface area (Å²) < 4.78 is 1.57. The Balaban J connectivity index is 2.04. The molecule has 1 aromatic heterocycles. The number of nitrogens with zero attached hydrogens (tertiary/aromatic N) is 1. The number of anilines is 1. The molecule has 2 rings (SSSR count). The van der Waals surface area contributed by atoms with Gasteiger partial charge >= 0.3 is 0 Å². The molecule has 0 bridgehead atoms. The molecule has 1 aliphatic rings. The summed E-state index contributed by atoms with van der Waals surface area (Å²) in [5.74, 6) is 0.00204. The van der Waals surface area contributed by atoms with Crippen molar-refractivity contribution in [1.29, 1.82) is 0 Å². The van der Waals surface area contributed by atoms with Crippen molar-refractivity contribution in [3.8, 4) is 0 Å². The number of carbonyl (C=O) groups excluding carboxylic acids is 1. The number of carbonyl (C=O) groups is 1. The number of aromatic nitrogens is 1. The first-order valence-electron chi connectivity index (χ1n) is 6.87. The lowest BCUT2D eigenvalue weighted by molar-refractivity contribution is -0.120. The Morgan fingerprint density at radius 3 is 2.95 bits per heavy atom. The standard InChI is InChI=1S/C14H21N3O2/c1-2-17-9-12(6-7-13(17)18)16-14(19)10-4-3-5-11(15)8-10/h6-7,9-11H,2-5,8,15H2,1H3,(H,16,19). The lowest BCUT2D eigenvalue weighted by atomic mass is 9.85. The Kier molecular flexibility index (Phi) is 4.37. The highest BCUT2D eigenvalue weighted by atomic mass is 16.2. The highest BCUT2D eigenvalue weighted by Gasteiger charge is 2.25. The summed E-state index contributed by atoms with van der Waals surface area (Å²) in [6.45, 7) is 2.49. The fraction of sp³-hybridized carbons (Fsp3) is 0.571. The number of nitrogens with one attached hydrogen (secondary N) is 1. The smallest absolute Gasteiger partial charge is 0.250 e. The number of hydrogen-bond acceptors (Lipinski definition) is 3. The molecule has 1 amide bonds. The summed E-state index contributed by atoms with van der Waals surface area (Å²) in [7, 11) is 0. The predicted octanol–water partition coefficient (Wildman–Crippen LogP) is 1.32. The van der Waals surface area contributed by atoms with E-state index in [0.29, 0.717) is 12.2 Å². The molecule has 5 heteroatoms. The minimum Gasteiger partial charge on any atom is -0.328 e. The summed E-state index contributed by atoms with van der Waals surface area (Å²) in [5, 5.41) is 2.88. The predicted molar refractivity (Wildman–Crippen MR) is 74.9 cm³/mol. The molecular weight excluding hydrogens is 242 g/mol. The van der Waals surface area contributed by atoms with Crippen LogP contribution in [0.3, 0.4) is 0 Å². The molecule has 3 N–H and O–H groups in total. The number of amides is 1. The van der Waals surface area contributed by atoms with Crippen LogP contribution in [-0.4, -0.2) is 16.5 Å². The molecule has 104 valence electrons. The molecule has 5 nitrogen and oxygen atoms in total. The Bertz CT molecular complexity index is 510. The van der Waals surface area contributed by atoms with Crippen LogP contribution in [0.5, 0.6) is 0 Å². The third-order valence-corrected chi connectivity index (χ3v) is 3.68. The molecule has 2 unspecified atom stereocenters. The molecule has 1 saturated carbocycles. The van der Waals surface area contributed by atoms with Gasteiger partial charge in [0.15, 0.2) is 0 Å². The van der Waals surface area contributed by atoms with Crippen molar-refractivity contribution in [1.82, 2.24) is 4.57 Å². The van der Waals surface area contributed by atoms with Crippen LogP contribution in [0.4, 0.5) is 5.69 Å². The van der Waals surface area contributed by atoms with Gasteiger partial charge in [0, 0.05) is 30.8 Å². The number of nitrogens with two attached hydrogens (primary N) is 1. The number of pyridine rings is 1. The second-order valence-corrected chi connectivity index (χ2v) is 5.15. The molecular formula is C14H21N3O2. The zero-order valence-corrected chi connectivity index (χ0v) is 11.3. The van der Waals surface area contributed by atoms with E-state index in [1.165, 1.54) is 6.07 Å². The molecule has 0 spiro atoms. The van der Waals surface area contributed by atoms with Gasteiger partial charge in [-0.1, -0.05) is 6.42 Å². The van der Waals surface area contributed by atoms with E-state index < -0.39 is 0 Å². The molecule has 1 aliphatic carbocycles. The SMILES string of the molecule is CCn1cc(NC(=O)C2CCCC(N)C2)ccc1=O. The first-order chi connectivity index (χ1) is 9.10. The van der Waals surface area contributed by atoms with Gasteiger partial charge in [-0.25, -0.2) is 0 Å². The fourth-order valence-corrected chi connectivity index (χ4v) is 2.56. The van der Waals surface area contributed by atoms with Gasteiger partial charge in [-0.05, 0) is 32.3 Å². The van der Waals surface area contributed by atoms with E-state index in [-0.39, 0.29) is 23.4 Å². The van der Waals surface area contributed by atoms with E-state index in [1.54, 1.807) is 16.8 Å². The maximum absolute atomic E-state index is 12.1. The van der Waals surface area contributed by atoms with Crippen LogP contribution in [0.2, 0.25) is 0 Å². The van der Waals surface area contributed by atoms with E-state index in [0.717, 1.165) is 25.7 Å². The fourth-order valence-electron chi connectivity index (χ4n) is 2.56. The van der Waals surface area contributed by atoms with E-state index in [1.807, 2.05) is 6.92 Å². The Morgan fingerprint density at radius 2 is 2.26 bits per heavy atom. The quantitative estimate of drug-likeness (QED) is 0.863. The molecule has 19 heavy (non-hydrogen) atoms. The maximum atomic E-state index is 12.1. The zero-order chi connectivity index (χ0) is 13.8. The van der Waals surface area contributed by atoms with Gasteiger partial charge in [0.05, 0.1) is 5.69 Å². The van der Waals surface area contributed by atoms with Gasteiger partial charge in [0.1, 0.15) is 0 Å². The monoisotopic (exact) mass is 263 g/mol. The van der Waals surface area contributed by atoms with E-state index in [4.69, 9.17) is 5.73 Å². The molecule has 1 fully saturated rings. The third kappa shape index (κ3) is 3.44. The molecule has 1 heterocycles. The van der Waals surface area contributed by atoms with Crippen molar-refractivity contribution >= 4 is 11.6 Å². The minimum absolute atomic E-state index is 0.00856. The summed E-state index contributed by atoms with van der Waals surface area (Å²) in [6.07, 6.45) is 5.34. The van der Waals surface area contributed by atoms with Crippen molar-refractivity contribution in [3.05, 3.63) is 28.7 Å². The molecule has 0 aromatic carbocycles. The van der Waals surface area contributed by atoms with Crippen LogP contribution in [0, 0.1) is 5.92 Å². The summed E-state index contributed by atoms with van der Waals surface area (Å²) >= 11 is 0. The lowest BCUT2D eigenvalue weighted by Gasteiger charge is -2.25. The van der Waals surface area contributed by atoms with Gasteiger partial charge in [-0.3, -0.25) is 9.59 Å². The largest absolute Gasteiger partial charge is 0.328 e. The van der Waals surface area contributed by atoms with Crippen LogP contribution in [-0.2, 0) is 11.3 Å². The number of rotatable bonds is 3.